The summed E-state index contributed by atoms with van der Waals surface area (Å²) in [7, 11) is 50.1. The Morgan fingerprint density at radius 3 is 0.800 bits per heavy atom. The van der Waals surface area contributed by atoms with E-state index >= 15 is 0 Å². The normalized spacial score (nSPS) is 11.8. The van der Waals surface area contributed by atoms with Crippen molar-refractivity contribution in [3.05, 3.63) is 42.5 Å². The number of hydrogen-bond donors (Lipinski definition) is 0. The molecule has 0 radical (unpaired) electrons. The van der Waals surface area contributed by atoms with E-state index in [0.717, 1.165) is 0 Å². The summed E-state index contributed by atoms with van der Waals surface area (Å²) in [6.45, 7) is 0. The smallest absolute Gasteiger partial charge is 0.101 e. The van der Waals surface area contributed by atoms with Gasteiger partial charge in [0.25, 0.3) is 0 Å². The molecule has 0 nitrogen and oxygen atoms in total. The van der Waals surface area contributed by atoms with Gasteiger partial charge in [0.15, 0.2) is 0 Å². The second-order valence-electron chi connectivity index (χ2n) is 20.6. The minimum Gasteiger partial charge on any atom is -0.101 e. The average molecular weight is 805 g/mol. The van der Waals surface area contributed by atoms with Gasteiger partial charge in [0.2, 0.25) is 0 Å². The third-order valence-electron chi connectivity index (χ3n) is 18.2. The molecule has 0 aliphatic heterocycles. The lowest BCUT2D eigenvalue weighted by Crippen LogP contribution is -2.53. The topological polar surface area (TPSA) is 0 Å². The summed E-state index contributed by atoms with van der Waals surface area (Å²) in [5.74, 6) is 0. The Morgan fingerprint density at radius 2 is 0.431 bits per heavy atom. The molecule has 0 aliphatic rings. The van der Waals surface area contributed by atoms with Gasteiger partial charge in [0, 0.05) is 0 Å². The van der Waals surface area contributed by atoms with E-state index in [2.05, 4.69) is 207 Å². The van der Waals surface area contributed by atoms with Crippen molar-refractivity contribution < 1.29 is 0 Å². The van der Waals surface area contributed by atoms with Crippen molar-refractivity contribution in [3.8, 4) is 33.4 Å². The van der Waals surface area contributed by atoms with E-state index < -0.39 is 0 Å². The molecule has 0 aliphatic carbocycles. The van der Waals surface area contributed by atoms with Crippen molar-refractivity contribution in [2.24, 2.45) is 0 Å². The molecule has 0 unspecified atom stereocenters. The molecule has 0 bridgehead atoms. The Bertz CT molecular complexity index is 3640. The predicted molar refractivity (Wildman–Crippen MR) is 362 cm³/mol. The third-order valence-corrected chi connectivity index (χ3v) is 18.2. The van der Waals surface area contributed by atoms with Gasteiger partial charge in [-0.15, -0.1) is 49.2 Å². The van der Waals surface area contributed by atoms with Crippen molar-refractivity contribution >= 4 is 333 Å². The first-order valence-corrected chi connectivity index (χ1v) is 24.1. The SMILES string of the molecule is Bc1c(B)c(B)c2c(-c3c(B)c(B)c(-c4c5c(B)c(B)c(B)c(B)c5c(-c5ccc6ccccc6c5)c5c(B)c(B)c(B)c(B)c45)c4c(B)c(B)c(B)c(B)c34)c(B)c(B)c(B)c2c1B. The number of hydrogen-bond acceptors (Lipinski definition) is 0. The van der Waals surface area contributed by atoms with E-state index in [-0.39, 0.29) is 0 Å². The highest BCUT2D eigenvalue weighted by atomic mass is 14.3. The molecule has 9 aromatic carbocycles. The second-order valence-corrected chi connectivity index (χ2v) is 20.6. The minimum absolute atomic E-state index is 1.28. The lowest BCUT2D eigenvalue weighted by atomic mass is 9.55. The van der Waals surface area contributed by atoms with Crippen LogP contribution in [0.15, 0.2) is 42.5 Å². The average Bonchev–Trinajstić information content (AvgIpc) is 3.29. The highest BCUT2D eigenvalue weighted by molar-refractivity contribution is 6.76. The molecule has 288 valence electrons. The molecule has 0 N–H and O–H groups in total. The first kappa shape index (κ1) is 45.8. The monoisotopic (exact) mass is 809 g/mol. The van der Waals surface area contributed by atoms with Gasteiger partial charge in [0.05, 0.1) is 0 Å². The standard InChI is InChI=1S/C44H49B21/c45-24-17(18-20(32(53)42(63)41(62)31(18)52)19(25(24)46)21-22-23(34(55)36(57)30(21)51)35(56)44(65)43(64)33(22)54)12-15-13(26(47)37(58)39(60)28(15)49)11(10-6-5-8-3-1-2-4-9(8)7-10)14-16(12)29(50)40(61)38(59)27(14)48/h1-7H,45-65H2. The molecular formula is C44H49B21. The van der Waals surface area contributed by atoms with Crippen LogP contribution in [0.2, 0.25) is 0 Å². The largest absolute Gasteiger partial charge is 0.139 e. The minimum atomic E-state index is 1.28. The van der Waals surface area contributed by atoms with Crippen LogP contribution >= 0.6 is 0 Å². The van der Waals surface area contributed by atoms with Crippen molar-refractivity contribution in [2.75, 3.05) is 0 Å². The lowest BCUT2D eigenvalue weighted by Gasteiger charge is -2.32. The Morgan fingerprint density at radius 1 is 0.185 bits per heavy atom. The van der Waals surface area contributed by atoms with Crippen LogP contribution in [0.3, 0.4) is 0 Å². The maximum absolute atomic E-state index is 2.46. The van der Waals surface area contributed by atoms with Crippen LogP contribution in [-0.4, -0.2) is 165 Å². The van der Waals surface area contributed by atoms with Crippen molar-refractivity contribution in [1.29, 1.82) is 0 Å². The first-order valence-electron chi connectivity index (χ1n) is 24.1. The van der Waals surface area contributed by atoms with Crippen LogP contribution < -0.4 is 115 Å². The molecule has 0 fully saturated rings. The molecule has 0 spiro atoms. The summed E-state index contributed by atoms with van der Waals surface area (Å²) in [5, 5.41) is 13.9. The molecule has 0 aromatic heterocycles. The molecular weight excluding hydrogens is 756 g/mol. The molecule has 9 aromatic rings. The van der Waals surface area contributed by atoms with Gasteiger partial charge < -0.3 is 0 Å². The molecule has 21 heteroatoms. The van der Waals surface area contributed by atoms with Gasteiger partial charge in [0.1, 0.15) is 165 Å². The maximum Gasteiger partial charge on any atom is 0.139 e. The Kier molecular flexibility index (Phi) is 11.2. The van der Waals surface area contributed by atoms with Crippen LogP contribution in [-0.2, 0) is 0 Å². The maximum atomic E-state index is 2.46. The van der Waals surface area contributed by atoms with Crippen molar-refractivity contribution in [1.82, 2.24) is 0 Å². The zero-order chi connectivity index (χ0) is 47.3. The summed E-state index contributed by atoms with van der Waals surface area (Å²) in [5.41, 5.74) is 37.7. The van der Waals surface area contributed by atoms with Gasteiger partial charge in [-0.3, -0.25) is 0 Å². The fourth-order valence-corrected chi connectivity index (χ4v) is 12.6. The van der Waals surface area contributed by atoms with Gasteiger partial charge in [-0.2, -0.15) is 0 Å². The number of benzene rings is 9. The highest BCUT2D eigenvalue weighted by Gasteiger charge is 2.31. The molecule has 0 saturated carbocycles. The van der Waals surface area contributed by atoms with E-state index in [1.807, 2.05) is 0 Å². The third kappa shape index (κ3) is 6.14. The van der Waals surface area contributed by atoms with Crippen LogP contribution in [0.5, 0.6) is 0 Å². The Balaban J connectivity index is 1.64. The lowest BCUT2D eigenvalue weighted by molar-refractivity contribution is 1.73. The molecule has 0 atom stereocenters. The van der Waals surface area contributed by atoms with Crippen LogP contribution in [0, 0.1) is 0 Å². The summed E-state index contributed by atoms with van der Waals surface area (Å²) in [6.07, 6.45) is 0. The second kappa shape index (κ2) is 15.9. The van der Waals surface area contributed by atoms with Crippen molar-refractivity contribution in [3.63, 3.8) is 0 Å². The molecule has 0 amide bonds. The van der Waals surface area contributed by atoms with Gasteiger partial charge >= 0.3 is 0 Å². The highest BCUT2D eigenvalue weighted by Crippen LogP contribution is 2.43. The van der Waals surface area contributed by atoms with Crippen LogP contribution in [0.1, 0.15) is 0 Å². The van der Waals surface area contributed by atoms with Gasteiger partial charge in [-0.05, 0) is 93.3 Å². The summed E-state index contributed by atoms with van der Waals surface area (Å²) >= 11 is 0. The quantitative estimate of drug-likeness (QED) is 0.123. The van der Waals surface area contributed by atoms with E-state index in [9.17, 15) is 0 Å². The number of rotatable bonds is 3. The predicted octanol–water partition coefficient (Wildman–Crippen LogP) is -24.1. The van der Waals surface area contributed by atoms with Gasteiger partial charge in [-0.25, -0.2) is 0 Å². The van der Waals surface area contributed by atoms with Crippen LogP contribution in [0.4, 0.5) is 0 Å². The molecule has 9 rings (SSSR count). The van der Waals surface area contributed by atoms with Gasteiger partial charge in [-0.1, -0.05) is 102 Å². The van der Waals surface area contributed by atoms with E-state index in [1.54, 1.807) is 0 Å². The molecule has 65 heavy (non-hydrogen) atoms. The van der Waals surface area contributed by atoms with Crippen molar-refractivity contribution in [2.45, 2.75) is 0 Å². The fourth-order valence-electron chi connectivity index (χ4n) is 12.6. The van der Waals surface area contributed by atoms with Crippen LogP contribution in [0.25, 0.3) is 87.2 Å². The summed E-state index contributed by atoms with van der Waals surface area (Å²) in [4.78, 5) is 0. The molecule has 0 heterocycles. The fraction of sp³-hybridized carbons (Fsp3) is 0. The molecule has 0 saturated heterocycles. The summed E-state index contributed by atoms with van der Waals surface area (Å²) in [6, 6.07) is 16.0. The number of fused-ring (bicyclic) bond motifs is 5. The zero-order valence-electron chi connectivity index (χ0n) is 43.5. The van der Waals surface area contributed by atoms with E-state index in [4.69, 9.17) is 0 Å². The first-order chi connectivity index (χ1) is 30.6. The zero-order valence-corrected chi connectivity index (χ0v) is 43.5. The van der Waals surface area contributed by atoms with E-state index in [1.165, 1.54) is 202 Å². The summed E-state index contributed by atoms with van der Waals surface area (Å²) < 4.78 is 0. The van der Waals surface area contributed by atoms with E-state index in [0.29, 0.717) is 0 Å². The Hall–Kier alpha value is -4.36. The Labute approximate surface area is 406 Å².